The van der Waals surface area contributed by atoms with Crippen molar-refractivity contribution >= 4 is 17.3 Å². The van der Waals surface area contributed by atoms with Crippen LogP contribution in [0.4, 0.5) is 0 Å². The summed E-state index contributed by atoms with van der Waals surface area (Å²) in [4.78, 5) is 10.2. The summed E-state index contributed by atoms with van der Waals surface area (Å²) in [5.74, 6) is -1.21. The second kappa shape index (κ2) is 2.81. The van der Waals surface area contributed by atoms with Crippen molar-refractivity contribution in [2.45, 2.75) is 6.10 Å². The number of rotatable bonds is 2. The highest BCUT2D eigenvalue weighted by molar-refractivity contribution is 7.08. The Balaban J connectivity index is 2.77. The van der Waals surface area contributed by atoms with Crippen LogP contribution in [0.3, 0.4) is 0 Å². The quantitative estimate of drug-likeness (QED) is 0.671. The zero-order valence-electron chi connectivity index (χ0n) is 5.02. The molecule has 10 heavy (non-hydrogen) atoms. The molecule has 0 unspecified atom stereocenters. The van der Waals surface area contributed by atoms with Crippen LogP contribution in [0.2, 0.25) is 0 Å². The number of hydrogen-bond acceptors (Lipinski definition) is 3. The third-order valence-electron chi connectivity index (χ3n) is 1.09. The molecule has 3 nitrogen and oxygen atoms in total. The average Bonchev–Trinajstić information content (AvgIpc) is 2.36. The van der Waals surface area contributed by atoms with Gasteiger partial charge in [0.15, 0.2) is 6.10 Å². The molecule has 0 saturated carbocycles. The normalized spacial score (nSPS) is 12.9. The van der Waals surface area contributed by atoms with Gasteiger partial charge in [-0.25, -0.2) is 4.79 Å². The molecule has 2 N–H and O–H groups in total. The Hall–Kier alpha value is -0.870. The summed E-state index contributed by atoms with van der Waals surface area (Å²) in [6.45, 7) is 0. The standard InChI is InChI=1S/C6H6O3S/c7-5(6(8)9)4-1-2-10-3-4/h1-3,5,7H,(H,8,9)/t5-/m0/s1. The Morgan fingerprint density at radius 1 is 1.70 bits per heavy atom. The van der Waals surface area contributed by atoms with Crippen LogP contribution in [0.5, 0.6) is 0 Å². The van der Waals surface area contributed by atoms with Gasteiger partial charge in [0.05, 0.1) is 0 Å². The third kappa shape index (κ3) is 1.34. The van der Waals surface area contributed by atoms with E-state index in [1.54, 1.807) is 16.8 Å². The second-order valence-electron chi connectivity index (χ2n) is 1.80. The molecular formula is C6H6O3S. The van der Waals surface area contributed by atoms with Crippen LogP contribution in [-0.4, -0.2) is 16.2 Å². The first-order valence-corrected chi connectivity index (χ1v) is 3.59. The monoisotopic (exact) mass is 158 g/mol. The number of aliphatic hydroxyl groups excluding tert-OH is 1. The molecule has 0 aromatic carbocycles. The van der Waals surface area contributed by atoms with Gasteiger partial charge in [-0.2, -0.15) is 11.3 Å². The molecule has 1 atom stereocenters. The predicted octanol–water partition coefficient (Wildman–Crippen LogP) is 0.866. The number of hydrogen-bond donors (Lipinski definition) is 2. The van der Waals surface area contributed by atoms with E-state index in [2.05, 4.69) is 0 Å². The van der Waals surface area contributed by atoms with E-state index < -0.39 is 12.1 Å². The second-order valence-corrected chi connectivity index (χ2v) is 2.58. The highest BCUT2D eigenvalue weighted by Crippen LogP contribution is 2.15. The molecule has 0 radical (unpaired) electrons. The molecule has 0 aliphatic heterocycles. The predicted molar refractivity (Wildman–Crippen MR) is 36.9 cm³/mol. The van der Waals surface area contributed by atoms with Gasteiger partial charge >= 0.3 is 5.97 Å². The van der Waals surface area contributed by atoms with E-state index in [9.17, 15) is 4.79 Å². The van der Waals surface area contributed by atoms with Crippen LogP contribution >= 0.6 is 11.3 Å². The molecule has 54 valence electrons. The molecule has 1 aromatic heterocycles. The maximum Gasteiger partial charge on any atom is 0.337 e. The molecule has 4 heteroatoms. The van der Waals surface area contributed by atoms with Crippen LogP contribution in [0.15, 0.2) is 16.8 Å². The molecule has 0 spiro atoms. The first kappa shape index (κ1) is 7.24. The van der Waals surface area contributed by atoms with Crippen molar-refractivity contribution < 1.29 is 15.0 Å². The Labute approximate surface area is 61.6 Å². The summed E-state index contributed by atoms with van der Waals surface area (Å²) in [6, 6.07) is 1.59. The van der Waals surface area contributed by atoms with E-state index in [0.717, 1.165) is 0 Å². The van der Waals surface area contributed by atoms with Crippen molar-refractivity contribution in [3.8, 4) is 0 Å². The van der Waals surface area contributed by atoms with Crippen molar-refractivity contribution in [2.24, 2.45) is 0 Å². The van der Waals surface area contributed by atoms with Crippen LogP contribution in [-0.2, 0) is 4.79 Å². The van der Waals surface area contributed by atoms with Gasteiger partial charge < -0.3 is 10.2 Å². The number of carboxylic acids is 1. The molecule has 0 aliphatic rings. The van der Waals surface area contributed by atoms with E-state index in [4.69, 9.17) is 10.2 Å². The number of thiophene rings is 1. The van der Waals surface area contributed by atoms with Crippen LogP contribution in [0.1, 0.15) is 11.7 Å². The van der Waals surface area contributed by atoms with Crippen molar-refractivity contribution in [3.05, 3.63) is 22.4 Å². The summed E-state index contributed by atoms with van der Waals surface area (Å²) >= 11 is 1.36. The zero-order chi connectivity index (χ0) is 7.56. The van der Waals surface area contributed by atoms with E-state index in [1.165, 1.54) is 11.3 Å². The summed E-state index contributed by atoms with van der Waals surface area (Å²) in [6.07, 6.45) is -1.37. The molecule has 0 saturated heterocycles. The molecule has 0 fully saturated rings. The summed E-state index contributed by atoms with van der Waals surface area (Å²) in [7, 11) is 0. The maximum absolute atomic E-state index is 10.2. The topological polar surface area (TPSA) is 57.5 Å². The van der Waals surface area contributed by atoms with Gasteiger partial charge in [0.25, 0.3) is 0 Å². The van der Waals surface area contributed by atoms with Gasteiger partial charge in [0, 0.05) is 5.56 Å². The Kier molecular flexibility index (Phi) is 2.03. The van der Waals surface area contributed by atoms with Crippen molar-refractivity contribution in [1.29, 1.82) is 0 Å². The minimum absolute atomic E-state index is 0.442. The van der Waals surface area contributed by atoms with Gasteiger partial charge in [-0.3, -0.25) is 0 Å². The van der Waals surface area contributed by atoms with Gasteiger partial charge in [0.2, 0.25) is 0 Å². The molecule has 1 aromatic rings. The highest BCUT2D eigenvalue weighted by Gasteiger charge is 2.14. The number of carbonyl (C=O) groups is 1. The number of aliphatic hydroxyl groups is 1. The van der Waals surface area contributed by atoms with E-state index in [-0.39, 0.29) is 0 Å². The Bertz CT molecular complexity index is 217. The Morgan fingerprint density at radius 3 is 2.80 bits per heavy atom. The minimum atomic E-state index is -1.37. The molecule has 1 rings (SSSR count). The van der Waals surface area contributed by atoms with Crippen LogP contribution in [0.25, 0.3) is 0 Å². The lowest BCUT2D eigenvalue weighted by Crippen LogP contribution is -2.08. The largest absolute Gasteiger partial charge is 0.479 e. The van der Waals surface area contributed by atoms with Gasteiger partial charge in [-0.05, 0) is 16.8 Å². The van der Waals surface area contributed by atoms with E-state index in [1.807, 2.05) is 0 Å². The minimum Gasteiger partial charge on any atom is -0.479 e. The number of aliphatic carboxylic acids is 1. The van der Waals surface area contributed by atoms with Gasteiger partial charge in [-0.1, -0.05) is 0 Å². The highest BCUT2D eigenvalue weighted by atomic mass is 32.1. The van der Waals surface area contributed by atoms with Crippen LogP contribution < -0.4 is 0 Å². The van der Waals surface area contributed by atoms with Crippen LogP contribution in [0, 0.1) is 0 Å². The summed E-state index contributed by atoms with van der Waals surface area (Å²) in [5.41, 5.74) is 0.442. The molecule has 0 bridgehead atoms. The van der Waals surface area contributed by atoms with E-state index in [0.29, 0.717) is 5.56 Å². The van der Waals surface area contributed by atoms with E-state index >= 15 is 0 Å². The first-order chi connectivity index (χ1) is 4.72. The summed E-state index contributed by atoms with van der Waals surface area (Å²) < 4.78 is 0. The van der Waals surface area contributed by atoms with Crippen molar-refractivity contribution in [1.82, 2.24) is 0 Å². The first-order valence-electron chi connectivity index (χ1n) is 2.65. The lowest BCUT2D eigenvalue weighted by Gasteiger charge is -1.99. The smallest absolute Gasteiger partial charge is 0.337 e. The fourth-order valence-corrected chi connectivity index (χ4v) is 1.25. The third-order valence-corrected chi connectivity index (χ3v) is 1.79. The van der Waals surface area contributed by atoms with Crippen molar-refractivity contribution in [2.75, 3.05) is 0 Å². The lowest BCUT2D eigenvalue weighted by molar-refractivity contribution is -0.146. The van der Waals surface area contributed by atoms with Gasteiger partial charge in [0.1, 0.15) is 0 Å². The van der Waals surface area contributed by atoms with Gasteiger partial charge in [-0.15, -0.1) is 0 Å². The zero-order valence-corrected chi connectivity index (χ0v) is 5.84. The molecular weight excluding hydrogens is 152 g/mol. The fourth-order valence-electron chi connectivity index (χ4n) is 0.573. The van der Waals surface area contributed by atoms with Crippen molar-refractivity contribution in [3.63, 3.8) is 0 Å². The molecule has 0 aliphatic carbocycles. The maximum atomic E-state index is 10.2. The summed E-state index contributed by atoms with van der Waals surface area (Å²) in [5, 5.41) is 20.5. The SMILES string of the molecule is O=C(O)[C@@H](O)c1ccsc1. The number of carboxylic acid groups (broad SMARTS) is 1. The lowest BCUT2D eigenvalue weighted by atomic mass is 10.2. The average molecular weight is 158 g/mol. The Morgan fingerprint density at radius 2 is 2.40 bits per heavy atom. The fraction of sp³-hybridized carbons (Fsp3) is 0.167. The molecule has 1 heterocycles. The molecule has 0 amide bonds.